The fourth-order valence-corrected chi connectivity index (χ4v) is 3.08. The lowest BCUT2D eigenvalue weighted by atomic mass is 10.1. The maximum atomic E-state index is 13.0. The molecule has 7 heteroatoms. The van der Waals surface area contributed by atoms with E-state index < -0.39 is 11.8 Å². The number of hydrogen-bond acceptors (Lipinski definition) is 4. The monoisotopic (exact) mass is 365 g/mol. The Kier molecular flexibility index (Phi) is 5.06. The topological polar surface area (TPSA) is 82.0 Å². The second kappa shape index (κ2) is 7.59. The molecule has 1 aromatic heterocycles. The molecular formula is C19H12FN3O2S. The fraction of sp³-hybridized carbons (Fsp3) is 0. The predicted octanol–water partition coefficient (Wildman–Crippen LogP) is 3.50. The molecule has 2 N–H and O–H groups in total. The van der Waals surface area contributed by atoms with Gasteiger partial charge in [-0.25, -0.2) is 4.39 Å². The highest BCUT2D eigenvalue weighted by molar-refractivity contribution is 7.17. The molecule has 128 valence electrons. The van der Waals surface area contributed by atoms with E-state index in [9.17, 15) is 14.0 Å². The van der Waals surface area contributed by atoms with E-state index >= 15 is 0 Å². The maximum absolute atomic E-state index is 13.0. The van der Waals surface area contributed by atoms with Crippen LogP contribution in [0.5, 0.6) is 0 Å². The standard InChI is InChI=1S/C19H12FN3O2S/c20-15-7-5-13(6-8-15)16-9-10-17(26-16)19(25)23-22-18(24)14-3-1-12(11-21)2-4-14/h1-10H,(H,22,24)(H,23,25). The molecule has 0 radical (unpaired) electrons. The van der Waals surface area contributed by atoms with Crippen LogP contribution in [0.4, 0.5) is 4.39 Å². The fourth-order valence-electron chi connectivity index (χ4n) is 2.17. The third kappa shape index (κ3) is 3.94. The summed E-state index contributed by atoms with van der Waals surface area (Å²) in [6.07, 6.45) is 0. The molecule has 0 atom stereocenters. The first-order valence-corrected chi connectivity index (χ1v) is 8.35. The number of benzene rings is 2. The molecule has 0 unspecified atom stereocenters. The summed E-state index contributed by atoms with van der Waals surface area (Å²) in [6.45, 7) is 0. The number of halogens is 1. The molecule has 2 amide bonds. The van der Waals surface area contributed by atoms with Crippen LogP contribution in [0.3, 0.4) is 0 Å². The van der Waals surface area contributed by atoms with Crippen LogP contribution in [0.1, 0.15) is 25.6 Å². The van der Waals surface area contributed by atoms with Gasteiger partial charge in [-0.1, -0.05) is 12.1 Å². The first-order valence-electron chi connectivity index (χ1n) is 7.53. The van der Waals surface area contributed by atoms with Gasteiger partial charge < -0.3 is 0 Å². The van der Waals surface area contributed by atoms with Crippen molar-refractivity contribution >= 4 is 23.2 Å². The van der Waals surface area contributed by atoms with E-state index in [0.717, 1.165) is 10.4 Å². The van der Waals surface area contributed by atoms with Gasteiger partial charge in [0.2, 0.25) is 0 Å². The minimum atomic E-state index is -0.488. The van der Waals surface area contributed by atoms with Crippen molar-refractivity contribution in [1.82, 2.24) is 10.9 Å². The van der Waals surface area contributed by atoms with Crippen molar-refractivity contribution in [2.75, 3.05) is 0 Å². The van der Waals surface area contributed by atoms with Gasteiger partial charge >= 0.3 is 0 Å². The number of nitriles is 1. The van der Waals surface area contributed by atoms with E-state index in [1.165, 1.54) is 47.7 Å². The van der Waals surface area contributed by atoms with Gasteiger partial charge in [0.25, 0.3) is 11.8 Å². The zero-order valence-corrected chi connectivity index (χ0v) is 14.1. The zero-order chi connectivity index (χ0) is 18.5. The molecule has 0 aliphatic carbocycles. The zero-order valence-electron chi connectivity index (χ0n) is 13.3. The Balaban J connectivity index is 1.62. The van der Waals surface area contributed by atoms with Crippen LogP contribution in [0.25, 0.3) is 10.4 Å². The van der Waals surface area contributed by atoms with Crippen molar-refractivity contribution in [1.29, 1.82) is 5.26 Å². The quantitative estimate of drug-likeness (QED) is 0.697. The van der Waals surface area contributed by atoms with Gasteiger partial charge in [0.05, 0.1) is 16.5 Å². The third-order valence-electron chi connectivity index (χ3n) is 3.52. The Morgan fingerprint density at radius 3 is 2.19 bits per heavy atom. The third-order valence-corrected chi connectivity index (χ3v) is 4.66. The van der Waals surface area contributed by atoms with Crippen LogP contribution in [-0.4, -0.2) is 11.8 Å². The summed E-state index contributed by atoms with van der Waals surface area (Å²) in [7, 11) is 0. The molecule has 2 aromatic carbocycles. The lowest BCUT2D eigenvalue weighted by molar-refractivity contribution is 0.0849. The normalized spacial score (nSPS) is 10.0. The molecule has 0 aliphatic rings. The number of hydrogen-bond donors (Lipinski definition) is 2. The average Bonchev–Trinajstić information content (AvgIpc) is 3.16. The van der Waals surface area contributed by atoms with Gasteiger partial charge in [0.15, 0.2) is 0 Å². The van der Waals surface area contributed by atoms with E-state index in [1.807, 2.05) is 6.07 Å². The first kappa shape index (κ1) is 17.3. The molecule has 3 rings (SSSR count). The molecule has 0 aliphatic heterocycles. The largest absolute Gasteiger partial charge is 0.279 e. The van der Waals surface area contributed by atoms with Gasteiger partial charge in [-0.2, -0.15) is 5.26 Å². The van der Waals surface area contributed by atoms with Crippen molar-refractivity contribution < 1.29 is 14.0 Å². The molecule has 0 bridgehead atoms. The minimum absolute atomic E-state index is 0.322. The molecule has 26 heavy (non-hydrogen) atoms. The number of hydrazine groups is 1. The Morgan fingerprint density at radius 2 is 1.54 bits per heavy atom. The number of rotatable bonds is 3. The van der Waals surface area contributed by atoms with Crippen LogP contribution in [0.15, 0.2) is 60.7 Å². The predicted molar refractivity (Wildman–Crippen MR) is 95.8 cm³/mol. The minimum Gasteiger partial charge on any atom is -0.267 e. The number of nitrogens with zero attached hydrogens (tertiary/aromatic N) is 1. The summed E-state index contributed by atoms with van der Waals surface area (Å²) in [5.41, 5.74) is 6.24. The summed E-state index contributed by atoms with van der Waals surface area (Å²) in [4.78, 5) is 25.4. The summed E-state index contributed by atoms with van der Waals surface area (Å²) in [6, 6.07) is 17.4. The number of thiophene rings is 1. The summed E-state index contributed by atoms with van der Waals surface area (Å²) >= 11 is 1.23. The second-order valence-corrected chi connectivity index (χ2v) is 6.35. The number of carbonyl (C=O) groups is 2. The van der Waals surface area contributed by atoms with Gasteiger partial charge in [0, 0.05) is 10.4 Å². The molecular weight excluding hydrogens is 353 g/mol. The molecule has 0 fully saturated rings. The molecule has 3 aromatic rings. The SMILES string of the molecule is N#Cc1ccc(C(=O)NNC(=O)c2ccc(-c3ccc(F)cc3)s2)cc1. The molecule has 5 nitrogen and oxygen atoms in total. The highest BCUT2D eigenvalue weighted by atomic mass is 32.1. The van der Waals surface area contributed by atoms with Crippen molar-refractivity contribution in [3.05, 3.63) is 82.5 Å². The smallest absolute Gasteiger partial charge is 0.267 e. The van der Waals surface area contributed by atoms with Crippen molar-refractivity contribution in [3.8, 4) is 16.5 Å². The van der Waals surface area contributed by atoms with Crippen LogP contribution in [0, 0.1) is 17.1 Å². The average molecular weight is 365 g/mol. The van der Waals surface area contributed by atoms with E-state index in [-0.39, 0.29) is 5.82 Å². The van der Waals surface area contributed by atoms with Gasteiger partial charge in [-0.05, 0) is 54.1 Å². The highest BCUT2D eigenvalue weighted by Crippen LogP contribution is 2.28. The second-order valence-electron chi connectivity index (χ2n) is 5.27. The lowest BCUT2D eigenvalue weighted by Gasteiger charge is -2.06. The molecule has 0 spiro atoms. The Bertz CT molecular complexity index is 989. The van der Waals surface area contributed by atoms with Gasteiger partial charge in [-0.3, -0.25) is 20.4 Å². The lowest BCUT2D eigenvalue weighted by Crippen LogP contribution is -2.41. The van der Waals surface area contributed by atoms with Crippen LogP contribution >= 0.6 is 11.3 Å². The Morgan fingerprint density at radius 1 is 0.885 bits per heavy atom. The number of amides is 2. The van der Waals surface area contributed by atoms with Crippen molar-refractivity contribution in [3.63, 3.8) is 0 Å². The van der Waals surface area contributed by atoms with E-state index in [4.69, 9.17) is 5.26 Å². The van der Waals surface area contributed by atoms with Gasteiger partial charge in [0.1, 0.15) is 5.82 Å². The summed E-state index contributed by atoms with van der Waals surface area (Å²) < 4.78 is 13.0. The van der Waals surface area contributed by atoms with Crippen LogP contribution in [-0.2, 0) is 0 Å². The highest BCUT2D eigenvalue weighted by Gasteiger charge is 2.12. The van der Waals surface area contributed by atoms with Crippen LogP contribution in [0.2, 0.25) is 0 Å². The van der Waals surface area contributed by atoms with E-state index in [2.05, 4.69) is 10.9 Å². The number of nitrogens with one attached hydrogen (secondary N) is 2. The van der Waals surface area contributed by atoms with Crippen LogP contribution < -0.4 is 10.9 Å². The Hall–Kier alpha value is -3.50. The molecule has 0 saturated carbocycles. The molecule has 0 saturated heterocycles. The first-order chi connectivity index (χ1) is 12.6. The maximum Gasteiger partial charge on any atom is 0.279 e. The molecule has 1 heterocycles. The summed E-state index contributed by atoms with van der Waals surface area (Å²) in [5.74, 6) is -1.27. The van der Waals surface area contributed by atoms with E-state index in [0.29, 0.717) is 16.0 Å². The Labute approximate surface area is 152 Å². The van der Waals surface area contributed by atoms with Crippen molar-refractivity contribution in [2.45, 2.75) is 0 Å². The van der Waals surface area contributed by atoms with Crippen molar-refractivity contribution in [2.24, 2.45) is 0 Å². The van der Waals surface area contributed by atoms with E-state index in [1.54, 1.807) is 24.3 Å². The van der Waals surface area contributed by atoms with Gasteiger partial charge in [-0.15, -0.1) is 11.3 Å². The number of carbonyl (C=O) groups excluding carboxylic acids is 2. The summed E-state index contributed by atoms with van der Waals surface area (Å²) in [5, 5.41) is 8.74.